The number of piperazine rings is 1. The second-order valence-electron chi connectivity index (χ2n) is 8.55. The molecule has 5 nitrogen and oxygen atoms in total. The molecule has 0 radical (unpaired) electrons. The maximum atomic E-state index is 14.0. The van der Waals surface area contributed by atoms with Crippen LogP contribution in [0.1, 0.15) is 25.8 Å². The molecule has 9 heteroatoms. The Kier molecular flexibility index (Phi) is 8.12. The molecule has 0 aliphatic carbocycles. The second-order valence-corrected chi connectivity index (χ2v) is 8.55. The van der Waals surface area contributed by atoms with Crippen molar-refractivity contribution in [1.29, 1.82) is 0 Å². The highest BCUT2D eigenvalue weighted by Crippen LogP contribution is 2.44. The first-order valence-electron chi connectivity index (χ1n) is 9.98. The van der Waals surface area contributed by atoms with Gasteiger partial charge in [-0.1, -0.05) is 13.8 Å². The number of β-amino-alcohol motifs (C(OH)–C–C–N with tert-alkyl or cyclic N) is 1. The normalized spacial score (nSPS) is 19.0. The quantitative estimate of drug-likeness (QED) is 0.603. The van der Waals surface area contributed by atoms with Gasteiger partial charge in [-0.05, 0) is 30.0 Å². The van der Waals surface area contributed by atoms with Gasteiger partial charge in [-0.15, -0.1) is 0 Å². The molecule has 2 rings (SSSR count). The second kappa shape index (κ2) is 9.80. The molecule has 1 unspecified atom stereocenters. The van der Waals surface area contributed by atoms with Crippen LogP contribution < -0.4 is 4.74 Å². The number of hydrogen-bond acceptors (Lipinski definition) is 5. The van der Waals surface area contributed by atoms with Crippen LogP contribution in [0.2, 0.25) is 0 Å². The zero-order chi connectivity index (χ0) is 22.6. The molecule has 1 N–H and O–H groups in total. The van der Waals surface area contributed by atoms with Crippen LogP contribution in [0, 0.1) is 5.82 Å². The van der Waals surface area contributed by atoms with Crippen molar-refractivity contribution in [3.8, 4) is 5.75 Å². The highest BCUT2D eigenvalue weighted by Gasteiger charge is 2.56. The van der Waals surface area contributed by atoms with Crippen molar-refractivity contribution in [1.82, 2.24) is 9.80 Å². The third-order valence-electron chi connectivity index (χ3n) is 5.71. The first-order valence-corrected chi connectivity index (χ1v) is 9.98. The molecular formula is C21H32F4N2O3. The number of methoxy groups -OCH3 is 2. The molecule has 0 saturated carbocycles. The third kappa shape index (κ3) is 6.06. The summed E-state index contributed by atoms with van der Waals surface area (Å²) in [4.78, 5) is 3.75. The third-order valence-corrected chi connectivity index (χ3v) is 5.71. The Balaban J connectivity index is 2.18. The highest BCUT2D eigenvalue weighted by molar-refractivity contribution is 5.39. The topological polar surface area (TPSA) is 45.2 Å². The molecule has 1 fully saturated rings. The van der Waals surface area contributed by atoms with Gasteiger partial charge in [0.15, 0.2) is 5.60 Å². The molecule has 30 heavy (non-hydrogen) atoms. The van der Waals surface area contributed by atoms with Gasteiger partial charge in [0.05, 0.1) is 13.7 Å². The Bertz CT molecular complexity index is 691. The Labute approximate surface area is 175 Å². The first kappa shape index (κ1) is 24.8. The zero-order valence-corrected chi connectivity index (χ0v) is 18.1. The van der Waals surface area contributed by atoms with Crippen molar-refractivity contribution >= 4 is 0 Å². The summed E-state index contributed by atoms with van der Waals surface area (Å²) in [6.07, 6.45) is -5.45. The van der Waals surface area contributed by atoms with Crippen molar-refractivity contribution in [3.05, 3.63) is 29.6 Å². The van der Waals surface area contributed by atoms with Crippen molar-refractivity contribution in [2.45, 2.75) is 37.5 Å². The summed E-state index contributed by atoms with van der Waals surface area (Å²) in [6, 6.07) is 3.75. The summed E-state index contributed by atoms with van der Waals surface area (Å²) in [7, 11) is 2.99. The predicted octanol–water partition coefficient (Wildman–Crippen LogP) is 3.06. The summed E-state index contributed by atoms with van der Waals surface area (Å²) in [5.74, 6) is -0.278. The molecule has 1 aromatic carbocycles. The fourth-order valence-electron chi connectivity index (χ4n) is 4.04. The number of nitrogens with zero attached hydrogens (tertiary/aromatic N) is 2. The SMILES string of the molecule is COCCN1CCN(CC(O)(CC(C)(C)c2cc(F)ccc2OC)C(F)(F)F)CC1. The monoisotopic (exact) mass is 436 g/mol. The molecule has 1 saturated heterocycles. The molecule has 1 aliphatic heterocycles. The fraction of sp³-hybridized carbons (Fsp3) is 0.714. The maximum Gasteiger partial charge on any atom is 0.418 e. The van der Waals surface area contributed by atoms with E-state index in [2.05, 4.69) is 4.90 Å². The van der Waals surface area contributed by atoms with Gasteiger partial charge in [0.1, 0.15) is 11.6 Å². The molecule has 1 aromatic rings. The van der Waals surface area contributed by atoms with Crippen LogP contribution >= 0.6 is 0 Å². The van der Waals surface area contributed by atoms with Gasteiger partial charge in [0.25, 0.3) is 0 Å². The van der Waals surface area contributed by atoms with Gasteiger partial charge in [0.2, 0.25) is 0 Å². The number of ether oxygens (including phenoxy) is 2. The lowest BCUT2D eigenvalue weighted by Crippen LogP contribution is -2.59. The average molecular weight is 436 g/mol. The standard InChI is InChI=1S/C21H32F4N2O3/c1-19(2,17-13-16(22)5-6-18(17)30-4)14-20(28,21(23,24)25)15-27-9-7-26(8-10-27)11-12-29-3/h5-6,13,28H,7-12,14-15H2,1-4H3. The molecular weight excluding hydrogens is 404 g/mol. The average Bonchev–Trinajstić information content (AvgIpc) is 2.66. The van der Waals surface area contributed by atoms with Gasteiger partial charge >= 0.3 is 6.18 Å². The molecule has 0 amide bonds. The van der Waals surface area contributed by atoms with Crippen LogP contribution in [0.3, 0.4) is 0 Å². The van der Waals surface area contributed by atoms with E-state index < -0.39 is 36.0 Å². The summed E-state index contributed by atoms with van der Waals surface area (Å²) in [6.45, 7) is 5.94. The maximum absolute atomic E-state index is 14.0. The molecule has 0 spiro atoms. The summed E-state index contributed by atoms with van der Waals surface area (Å²) < 4.78 is 66.1. The number of aliphatic hydroxyl groups is 1. The van der Waals surface area contributed by atoms with Gasteiger partial charge in [-0.25, -0.2) is 4.39 Å². The Morgan fingerprint density at radius 3 is 2.17 bits per heavy atom. The van der Waals surface area contributed by atoms with Crippen molar-refractivity contribution in [2.24, 2.45) is 0 Å². The van der Waals surface area contributed by atoms with Crippen LogP contribution in [-0.2, 0) is 10.2 Å². The van der Waals surface area contributed by atoms with Crippen LogP contribution in [0.25, 0.3) is 0 Å². The van der Waals surface area contributed by atoms with Crippen LogP contribution in [-0.4, -0.2) is 86.8 Å². The van der Waals surface area contributed by atoms with Crippen molar-refractivity contribution in [3.63, 3.8) is 0 Å². The minimum atomic E-state index is -4.84. The molecule has 0 bridgehead atoms. The zero-order valence-electron chi connectivity index (χ0n) is 18.1. The van der Waals surface area contributed by atoms with E-state index in [0.717, 1.165) is 6.54 Å². The molecule has 1 atom stereocenters. The van der Waals surface area contributed by atoms with Gasteiger partial charge < -0.3 is 14.6 Å². The van der Waals surface area contributed by atoms with E-state index in [9.17, 15) is 22.7 Å². The number of alkyl halides is 3. The summed E-state index contributed by atoms with van der Waals surface area (Å²) in [5.41, 5.74) is -3.84. The minimum absolute atomic E-state index is 0.289. The lowest BCUT2D eigenvalue weighted by molar-refractivity contribution is -0.272. The predicted molar refractivity (Wildman–Crippen MR) is 106 cm³/mol. The van der Waals surface area contributed by atoms with Gasteiger partial charge in [-0.3, -0.25) is 9.80 Å². The van der Waals surface area contributed by atoms with E-state index in [1.54, 1.807) is 25.9 Å². The lowest BCUT2D eigenvalue weighted by atomic mass is 9.74. The molecule has 0 aromatic heterocycles. The Hall–Kier alpha value is -1.42. The summed E-state index contributed by atoms with van der Waals surface area (Å²) in [5, 5.41) is 10.8. The highest BCUT2D eigenvalue weighted by atomic mass is 19.4. The van der Waals surface area contributed by atoms with E-state index in [1.165, 1.54) is 25.3 Å². The minimum Gasteiger partial charge on any atom is -0.496 e. The smallest absolute Gasteiger partial charge is 0.418 e. The summed E-state index contributed by atoms with van der Waals surface area (Å²) >= 11 is 0. The van der Waals surface area contributed by atoms with Crippen molar-refractivity contribution < 1.29 is 32.1 Å². The Morgan fingerprint density at radius 2 is 1.63 bits per heavy atom. The number of halogens is 4. The lowest BCUT2D eigenvalue weighted by Gasteiger charge is -2.43. The Morgan fingerprint density at radius 1 is 1.03 bits per heavy atom. The largest absolute Gasteiger partial charge is 0.496 e. The van der Waals surface area contributed by atoms with E-state index >= 15 is 0 Å². The number of hydrogen-bond donors (Lipinski definition) is 1. The van der Waals surface area contributed by atoms with E-state index in [0.29, 0.717) is 32.8 Å². The van der Waals surface area contributed by atoms with E-state index in [-0.39, 0.29) is 11.3 Å². The molecule has 1 aliphatic rings. The fourth-order valence-corrected chi connectivity index (χ4v) is 4.04. The number of benzene rings is 1. The van der Waals surface area contributed by atoms with Crippen LogP contribution in [0.4, 0.5) is 17.6 Å². The van der Waals surface area contributed by atoms with Crippen LogP contribution in [0.15, 0.2) is 18.2 Å². The van der Waals surface area contributed by atoms with E-state index in [4.69, 9.17) is 9.47 Å². The van der Waals surface area contributed by atoms with Crippen LogP contribution in [0.5, 0.6) is 5.75 Å². The van der Waals surface area contributed by atoms with Gasteiger partial charge in [0, 0.05) is 51.9 Å². The van der Waals surface area contributed by atoms with E-state index in [1.807, 2.05) is 0 Å². The molecule has 1 heterocycles. The van der Waals surface area contributed by atoms with Crippen molar-refractivity contribution in [2.75, 3.05) is 60.1 Å². The number of rotatable bonds is 9. The molecule has 172 valence electrons. The van der Waals surface area contributed by atoms with Gasteiger partial charge in [-0.2, -0.15) is 13.2 Å². The first-order chi connectivity index (χ1) is 13.9.